The van der Waals surface area contributed by atoms with E-state index in [0.29, 0.717) is 0 Å². The van der Waals surface area contributed by atoms with E-state index in [4.69, 9.17) is 5.11 Å². The van der Waals surface area contributed by atoms with E-state index in [0.717, 1.165) is 6.42 Å². The van der Waals surface area contributed by atoms with Gasteiger partial charge in [-0.1, -0.05) is 66.8 Å². The van der Waals surface area contributed by atoms with Crippen LogP contribution in [0, 0.1) is 0 Å². The Morgan fingerprint density at radius 2 is 1.27 bits per heavy atom. The first-order valence-corrected chi connectivity index (χ1v) is 7.76. The van der Waals surface area contributed by atoms with E-state index >= 15 is 0 Å². The molecule has 0 aliphatic carbocycles. The van der Waals surface area contributed by atoms with Crippen LogP contribution in [-0.2, 0) is 0 Å². The molecule has 2 heteroatoms. The van der Waals surface area contributed by atoms with E-state index in [9.17, 15) is 0 Å². The monoisotopic (exact) mass is 324 g/mol. The molecule has 0 unspecified atom stereocenters. The molecule has 0 saturated heterocycles. The van der Waals surface area contributed by atoms with Gasteiger partial charge in [0, 0.05) is 6.61 Å². The summed E-state index contributed by atoms with van der Waals surface area (Å²) in [6.07, 6.45) is 16.0. The van der Waals surface area contributed by atoms with Gasteiger partial charge in [-0.3, -0.25) is 0 Å². The Hall–Kier alpha value is 0.430. The van der Waals surface area contributed by atoms with Crippen molar-refractivity contribution < 1.29 is 5.11 Å². The fourth-order valence-corrected chi connectivity index (χ4v) is 2.09. The van der Waals surface area contributed by atoms with Crippen molar-refractivity contribution in [3.05, 3.63) is 12.2 Å². The van der Waals surface area contributed by atoms with Gasteiger partial charge in [-0.2, -0.15) is 0 Å². The summed E-state index contributed by atoms with van der Waals surface area (Å²) in [7, 11) is 0. The smallest absolute Gasteiger partial charge is 0.0465 e. The second kappa shape index (κ2) is 14.4. The molecule has 0 aliphatic rings. The van der Waals surface area contributed by atoms with Gasteiger partial charge in [-0.05, 0) is 30.1 Å². The van der Waals surface area contributed by atoms with Crippen molar-refractivity contribution in [1.29, 1.82) is 0 Å². The molecule has 0 amide bonds. The molecule has 90 valence electrons. The Kier molecular flexibility index (Phi) is 14.8. The predicted octanol–water partition coefficient (Wildman–Crippen LogP) is 4.48. The molecule has 0 radical (unpaired) electrons. The number of aliphatic hydroxyl groups excluding tert-OH is 1. The fraction of sp³-hybridized carbons (Fsp3) is 0.846. The zero-order chi connectivity index (χ0) is 11.2. The minimum atomic E-state index is 0.285. The number of aliphatic hydroxyl groups is 1. The Bertz CT molecular complexity index is 134. The highest BCUT2D eigenvalue weighted by molar-refractivity contribution is 14.1. The van der Waals surface area contributed by atoms with Crippen LogP contribution in [0.2, 0.25) is 0 Å². The van der Waals surface area contributed by atoms with Crippen LogP contribution < -0.4 is 0 Å². The molecule has 0 spiro atoms. The van der Waals surface area contributed by atoms with Gasteiger partial charge < -0.3 is 5.11 Å². The first-order valence-electron chi connectivity index (χ1n) is 6.23. The molecule has 0 atom stereocenters. The largest absolute Gasteiger partial charge is 0.396 e. The van der Waals surface area contributed by atoms with Gasteiger partial charge in [-0.25, -0.2) is 0 Å². The summed E-state index contributed by atoms with van der Waals surface area (Å²) < 4.78 is 1.31. The summed E-state index contributed by atoms with van der Waals surface area (Å²) in [5, 5.41) is 8.56. The van der Waals surface area contributed by atoms with E-state index in [-0.39, 0.29) is 6.61 Å². The summed E-state index contributed by atoms with van der Waals surface area (Å²) in [6, 6.07) is 0. The maximum absolute atomic E-state index is 8.56. The lowest BCUT2D eigenvalue weighted by Gasteiger charge is -1.99. The Balaban J connectivity index is 2.92. The first-order chi connectivity index (χ1) is 7.41. The average molecular weight is 324 g/mol. The summed E-state index contributed by atoms with van der Waals surface area (Å²) in [4.78, 5) is 0. The number of halogens is 1. The Morgan fingerprint density at radius 3 is 1.87 bits per heavy atom. The number of hydrogen-bond donors (Lipinski definition) is 1. The van der Waals surface area contributed by atoms with Crippen LogP contribution in [0.4, 0.5) is 0 Å². The van der Waals surface area contributed by atoms with E-state index in [1.54, 1.807) is 0 Å². The zero-order valence-electron chi connectivity index (χ0n) is 9.76. The van der Waals surface area contributed by atoms with Crippen LogP contribution in [0.1, 0.15) is 57.8 Å². The van der Waals surface area contributed by atoms with Crippen molar-refractivity contribution in [2.45, 2.75) is 57.8 Å². The minimum absolute atomic E-state index is 0.285. The molecule has 0 heterocycles. The van der Waals surface area contributed by atoms with Gasteiger partial charge in [0.25, 0.3) is 0 Å². The quantitative estimate of drug-likeness (QED) is 0.257. The molecule has 1 N–H and O–H groups in total. The average Bonchev–Trinajstić information content (AvgIpc) is 2.26. The number of rotatable bonds is 11. The second-order valence-electron chi connectivity index (χ2n) is 3.94. The first kappa shape index (κ1) is 15.4. The normalized spacial score (nSPS) is 11.3. The SMILES string of the molecule is OCC/C=C\CCCCCCCCCI. The predicted molar refractivity (Wildman–Crippen MR) is 76.7 cm³/mol. The Labute approximate surface area is 108 Å². The number of unbranched alkanes of at least 4 members (excludes halogenated alkanes) is 7. The lowest BCUT2D eigenvalue weighted by molar-refractivity contribution is 0.302. The van der Waals surface area contributed by atoms with Crippen molar-refractivity contribution in [3.8, 4) is 0 Å². The summed E-state index contributed by atoms with van der Waals surface area (Å²) in [5.74, 6) is 0. The third kappa shape index (κ3) is 14.4. The molecule has 0 bridgehead atoms. The lowest BCUT2D eigenvalue weighted by Crippen LogP contribution is -1.81. The van der Waals surface area contributed by atoms with Crippen LogP contribution in [0.25, 0.3) is 0 Å². The van der Waals surface area contributed by atoms with Gasteiger partial charge in [0.15, 0.2) is 0 Å². The molecule has 0 aromatic heterocycles. The van der Waals surface area contributed by atoms with E-state index < -0.39 is 0 Å². The van der Waals surface area contributed by atoms with Crippen molar-refractivity contribution in [2.24, 2.45) is 0 Å². The molecule has 15 heavy (non-hydrogen) atoms. The van der Waals surface area contributed by atoms with Crippen molar-refractivity contribution in [1.82, 2.24) is 0 Å². The van der Waals surface area contributed by atoms with Gasteiger partial charge in [-0.15, -0.1) is 0 Å². The van der Waals surface area contributed by atoms with E-state index in [1.807, 2.05) is 0 Å². The van der Waals surface area contributed by atoms with Crippen molar-refractivity contribution in [3.63, 3.8) is 0 Å². The van der Waals surface area contributed by atoms with E-state index in [1.165, 1.54) is 55.8 Å². The topological polar surface area (TPSA) is 20.2 Å². The number of alkyl halides is 1. The summed E-state index contributed by atoms with van der Waals surface area (Å²) in [6.45, 7) is 0.285. The van der Waals surface area contributed by atoms with Crippen molar-refractivity contribution in [2.75, 3.05) is 11.0 Å². The third-order valence-electron chi connectivity index (χ3n) is 2.47. The van der Waals surface area contributed by atoms with Crippen LogP contribution >= 0.6 is 22.6 Å². The summed E-state index contributed by atoms with van der Waals surface area (Å²) in [5.41, 5.74) is 0. The highest BCUT2D eigenvalue weighted by Crippen LogP contribution is 2.09. The van der Waals surface area contributed by atoms with Gasteiger partial charge >= 0.3 is 0 Å². The molecule has 0 rings (SSSR count). The highest BCUT2D eigenvalue weighted by atomic mass is 127. The molecule has 0 fully saturated rings. The standard InChI is InChI=1S/C13H25IO/c14-12-10-8-6-4-2-1-3-5-7-9-11-13-15/h7,9,15H,1-6,8,10-13H2/b9-7-. The molecule has 0 aliphatic heterocycles. The lowest BCUT2D eigenvalue weighted by atomic mass is 10.1. The number of allylic oxidation sites excluding steroid dienone is 1. The van der Waals surface area contributed by atoms with Crippen LogP contribution in [0.15, 0.2) is 12.2 Å². The zero-order valence-corrected chi connectivity index (χ0v) is 11.9. The van der Waals surface area contributed by atoms with Crippen LogP contribution in [0.5, 0.6) is 0 Å². The van der Waals surface area contributed by atoms with Gasteiger partial charge in [0.05, 0.1) is 0 Å². The fourth-order valence-electron chi connectivity index (χ4n) is 1.55. The van der Waals surface area contributed by atoms with Gasteiger partial charge in [0.2, 0.25) is 0 Å². The molecular weight excluding hydrogens is 299 g/mol. The minimum Gasteiger partial charge on any atom is -0.396 e. The maximum Gasteiger partial charge on any atom is 0.0465 e. The molecule has 0 aromatic carbocycles. The van der Waals surface area contributed by atoms with Gasteiger partial charge in [0.1, 0.15) is 0 Å². The maximum atomic E-state index is 8.56. The summed E-state index contributed by atoms with van der Waals surface area (Å²) >= 11 is 2.45. The molecule has 0 saturated carbocycles. The molecular formula is C13H25IO. The molecule has 0 aromatic rings. The molecule has 1 nitrogen and oxygen atoms in total. The van der Waals surface area contributed by atoms with Crippen LogP contribution in [-0.4, -0.2) is 16.1 Å². The number of hydrogen-bond acceptors (Lipinski definition) is 1. The van der Waals surface area contributed by atoms with Crippen LogP contribution in [0.3, 0.4) is 0 Å². The van der Waals surface area contributed by atoms with Crippen molar-refractivity contribution >= 4 is 22.6 Å². The van der Waals surface area contributed by atoms with E-state index in [2.05, 4.69) is 34.7 Å². The second-order valence-corrected chi connectivity index (χ2v) is 5.01. The third-order valence-corrected chi connectivity index (χ3v) is 3.23. The highest BCUT2D eigenvalue weighted by Gasteiger charge is 1.90. The Morgan fingerprint density at radius 1 is 0.733 bits per heavy atom.